The Bertz CT molecular complexity index is 1510. The molecule has 1 aromatic heterocycles. The summed E-state index contributed by atoms with van der Waals surface area (Å²) in [5.41, 5.74) is 1.40. The molecule has 2 aromatic carbocycles. The number of carboxylic acid groups (broad SMARTS) is 1. The summed E-state index contributed by atoms with van der Waals surface area (Å²) in [5.74, 6) is -1.39. The number of carboxylic acids is 1. The smallest absolute Gasteiger partial charge is 0.410 e. The van der Waals surface area contributed by atoms with Crippen molar-refractivity contribution in [2.45, 2.75) is 49.8 Å². The van der Waals surface area contributed by atoms with Crippen molar-refractivity contribution in [3.05, 3.63) is 96.2 Å². The third-order valence-corrected chi connectivity index (χ3v) is 8.62. The van der Waals surface area contributed by atoms with Crippen molar-refractivity contribution in [1.29, 1.82) is 0 Å². The number of amides is 2. The molecule has 0 aliphatic carbocycles. The zero-order valence-electron chi connectivity index (χ0n) is 25.3. The number of aromatic nitrogens is 1. The molecular weight excluding hydrogens is 614 g/mol. The lowest BCUT2D eigenvalue weighted by molar-refractivity contribution is -0.139. The highest BCUT2D eigenvalue weighted by Gasteiger charge is 2.37. The molecule has 0 saturated carbocycles. The van der Waals surface area contributed by atoms with E-state index in [-0.39, 0.29) is 50.9 Å². The highest BCUT2D eigenvalue weighted by Crippen LogP contribution is 2.22. The molecule has 0 unspecified atom stereocenters. The van der Waals surface area contributed by atoms with Crippen LogP contribution in [0, 0.1) is 0 Å². The Morgan fingerprint density at radius 2 is 1.67 bits per heavy atom. The summed E-state index contributed by atoms with van der Waals surface area (Å²) >= 11 is 0. The second-order valence-corrected chi connectivity index (χ2v) is 12.6. The molecule has 13 nitrogen and oxygen atoms in total. The van der Waals surface area contributed by atoms with Gasteiger partial charge in [0.25, 0.3) is 0 Å². The maximum atomic E-state index is 13.0. The zero-order valence-corrected chi connectivity index (χ0v) is 26.1. The highest BCUT2D eigenvalue weighted by atomic mass is 32.2. The number of nitrogens with zero attached hydrogens (tertiary/aromatic N) is 2. The quantitative estimate of drug-likeness (QED) is 0.159. The lowest BCUT2D eigenvalue weighted by atomic mass is 10.2. The number of anilines is 1. The summed E-state index contributed by atoms with van der Waals surface area (Å²) in [4.78, 5) is 43.0. The van der Waals surface area contributed by atoms with E-state index in [0.717, 1.165) is 5.56 Å². The van der Waals surface area contributed by atoms with E-state index in [0.29, 0.717) is 24.3 Å². The van der Waals surface area contributed by atoms with Crippen molar-refractivity contribution >= 4 is 33.8 Å². The van der Waals surface area contributed by atoms with Crippen molar-refractivity contribution in [3.8, 4) is 0 Å². The number of hydrogen-bond acceptors (Lipinski definition) is 9. The number of hydrogen-bond donors (Lipinski definition) is 4. The first-order valence-electron chi connectivity index (χ1n) is 15.0. The maximum absolute atomic E-state index is 13.0. The SMILES string of the molecule is O=C(CO[C@@H]1C[C@@H](CNc2ccccn2)N(C(=O)OCc2ccccc2)C1)NCCC[C@H](NS(=O)(=O)Cc1ccccc1)C(=O)O. The predicted molar refractivity (Wildman–Crippen MR) is 170 cm³/mol. The van der Waals surface area contributed by atoms with Gasteiger partial charge in [0, 0.05) is 19.3 Å². The molecule has 2 amide bonds. The number of ether oxygens (including phenoxy) is 2. The summed E-state index contributed by atoms with van der Waals surface area (Å²) in [6.45, 7) is 0.638. The minimum absolute atomic E-state index is 0.0158. The van der Waals surface area contributed by atoms with Gasteiger partial charge in [-0.2, -0.15) is 0 Å². The molecule has 0 bridgehead atoms. The normalized spacial score (nSPS) is 16.8. The Balaban J connectivity index is 1.21. The molecule has 4 rings (SSSR count). The van der Waals surface area contributed by atoms with Gasteiger partial charge in [-0.1, -0.05) is 66.7 Å². The summed E-state index contributed by atoms with van der Waals surface area (Å²) in [7, 11) is -3.89. The topological polar surface area (TPSA) is 176 Å². The minimum atomic E-state index is -3.89. The van der Waals surface area contributed by atoms with Crippen LogP contribution in [-0.4, -0.2) is 85.8 Å². The van der Waals surface area contributed by atoms with Crippen LogP contribution in [0.5, 0.6) is 0 Å². The second-order valence-electron chi connectivity index (χ2n) is 10.9. The summed E-state index contributed by atoms with van der Waals surface area (Å²) in [6.07, 6.45) is 1.44. The fraction of sp³-hybridized carbons (Fsp3) is 0.375. The van der Waals surface area contributed by atoms with E-state index in [1.807, 2.05) is 48.5 Å². The Labute approximate surface area is 268 Å². The fourth-order valence-electron chi connectivity index (χ4n) is 4.97. The third-order valence-electron chi connectivity index (χ3n) is 7.26. The molecule has 246 valence electrons. The maximum Gasteiger partial charge on any atom is 0.410 e. The van der Waals surface area contributed by atoms with Crippen LogP contribution in [0.4, 0.5) is 10.6 Å². The van der Waals surface area contributed by atoms with Gasteiger partial charge in [-0.05, 0) is 42.5 Å². The van der Waals surface area contributed by atoms with Crippen molar-refractivity contribution in [2.75, 3.05) is 31.6 Å². The number of carbonyl (C=O) groups is 3. The van der Waals surface area contributed by atoms with Gasteiger partial charge < -0.3 is 30.1 Å². The molecule has 1 aliphatic rings. The standard InChI is InChI=1S/C32H39N5O8S/c38-30(34-17-9-14-28(31(39)40)36-46(42,43)23-25-12-5-2-6-13-25)22-44-27-18-26(19-35-29-15-7-8-16-33-29)37(20-27)32(41)45-21-24-10-3-1-4-11-24/h1-8,10-13,15-16,26-28,36H,9,14,17-23H2,(H,33,35)(H,34,38)(H,39,40)/t26-,27+,28-/m0/s1. The van der Waals surface area contributed by atoms with Gasteiger partial charge in [0.15, 0.2) is 0 Å². The molecule has 4 N–H and O–H groups in total. The van der Waals surface area contributed by atoms with Crippen LogP contribution in [0.1, 0.15) is 30.4 Å². The van der Waals surface area contributed by atoms with Crippen molar-refractivity contribution in [1.82, 2.24) is 19.9 Å². The number of pyridine rings is 1. The van der Waals surface area contributed by atoms with Crippen LogP contribution in [0.3, 0.4) is 0 Å². The van der Waals surface area contributed by atoms with E-state index >= 15 is 0 Å². The Kier molecular flexibility index (Phi) is 12.9. The Morgan fingerprint density at radius 3 is 2.35 bits per heavy atom. The number of aliphatic carboxylic acids is 1. The van der Waals surface area contributed by atoms with Crippen LogP contribution < -0.4 is 15.4 Å². The monoisotopic (exact) mass is 653 g/mol. The molecule has 1 aliphatic heterocycles. The van der Waals surface area contributed by atoms with Gasteiger partial charge in [0.2, 0.25) is 15.9 Å². The summed E-state index contributed by atoms with van der Waals surface area (Å²) < 4.78 is 38.6. The van der Waals surface area contributed by atoms with Gasteiger partial charge in [-0.15, -0.1) is 0 Å². The van der Waals surface area contributed by atoms with E-state index in [4.69, 9.17) is 9.47 Å². The molecule has 3 aromatic rings. The summed E-state index contributed by atoms with van der Waals surface area (Å²) in [5, 5.41) is 15.4. The second kappa shape index (κ2) is 17.2. The van der Waals surface area contributed by atoms with Crippen molar-refractivity contribution in [3.63, 3.8) is 0 Å². The fourth-order valence-corrected chi connectivity index (χ4v) is 6.33. The predicted octanol–water partition coefficient (Wildman–Crippen LogP) is 2.76. The average Bonchev–Trinajstić information content (AvgIpc) is 3.47. The van der Waals surface area contributed by atoms with E-state index in [9.17, 15) is 27.9 Å². The number of likely N-dealkylation sites (tertiary alicyclic amines) is 1. The lowest BCUT2D eigenvalue weighted by Gasteiger charge is -2.24. The van der Waals surface area contributed by atoms with Gasteiger partial charge in [0.05, 0.1) is 24.4 Å². The van der Waals surface area contributed by atoms with Crippen LogP contribution in [-0.2, 0) is 41.4 Å². The van der Waals surface area contributed by atoms with Crippen LogP contribution in [0.2, 0.25) is 0 Å². The van der Waals surface area contributed by atoms with Gasteiger partial charge in [-0.3, -0.25) is 9.59 Å². The molecule has 1 fully saturated rings. The van der Waals surface area contributed by atoms with E-state index < -0.39 is 40.1 Å². The third kappa shape index (κ3) is 11.4. The molecule has 0 radical (unpaired) electrons. The molecule has 14 heteroatoms. The van der Waals surface area contributed by atoms with Gasteiger partial charge >= 0.3 is 12.1 Å². The molecular formula is C32H39N5O8S. The van der Waals surface area contributed by atoms with Crippen LogP contribution in [0.15, 0.2) is 85.1 Å². The minimum Gasteiger partial charge on any atom is -0.480 e. The zero-order chi connectivity index (χ0) is 32.8. The molecule has 46 heavy (non-hydrogen) atoms. The number of rotatable bonds is 17. The number of benzene rings is 2. The first kappa shape index (κ1) is 34.3. The number of nitrogens with one attached hydrogen (secondary N) is 3. The van der Waals surface area contributed by atoms with Crippen molar-refractivity contribution in [2.24, 2.45) is 0 Å². The van der Waals surface area contributed by atoms with Crippen molar-refractivity contribution < 1.29 is 37.4 Å². The number of carbonyl (C=O) groups excluding carboxylic acids is 2. The van der Waals surface area contributed by atoms with E-state index in [2.05, 4.69) is 20.3 Å². The summed E-state index contributed by atoms with van der Waals surface area (Å²) in [6, 6.07) is 21.7. The largest absolute Gasteiger partial charge is 0.480 e. The highest BCUT2D eigenvalue weighted by molar-refractivity contribution is 7.88. The lowest BCUT2D eigenvalue weighted by Crippen LogP contribution is -2.42. The molecule has 3 atom stereocenters. The van der Waals surface area contributed by atoms with E-state index in [1.54, 1.807) is 41.4 Å². The average molecular weight is 654 g/mol. The first-order chi connectivity index (χ1) is 22.2. The molecule has 0 spiro atoms. The van der Waals surface area contributed by atoms with Gasteiger partial charge in [0.1, 0.15) is 25.1 Å². The van der Waals surface area contributed by atoms with E-state index in [1.165, 1.54) is 0 Å². The van der Waals surface area contributed by atoms with Crippen LogP contribution >= 0.6 is 0 Å². The van der Waals surface area contributed by atoms with Crippen LogP contribution in [0.25, 0.3) is 0 Å². The number of sulfonamides is 1. The Morgan fingerprint density at radius 1 is 0.978 bits per heavy atom. The van der Waals surface area contributed by atoms with Gasteiger partial charge in [-0.25, -0.2) is 22.9 Å². The Hall–Kier alpha value is -4.53. The molecule has 2 heterocycles. The first-order valence-corrected chi connectivity index (χ1v) is 16.6. The molecule has 1 saturated heterocycles.